The Morgan fingerprint density at radius 2 is 1.88 bits per heavy atom. The van der Waals surface area contributed by atoms with Gasteiger partial charge in [-0.1, -0.05) is 0 Å². The van der Waals surface area contributed by atoms with Crippen molar-refractivity contribution in [3.63, 3.8) is 0 Å². The number of nitrogens with one attached hydrogen (secondary N) is 1. The second kappa shape index (κ2) is 8.90. The zero-order chi connectivity index (χ0) is 18.1. The Labute approximate surface area is 138 Å². The molecule has 10 nitrogen and oxygen atoms in total. The molecule has 0 aromatic heterocycles. The van der Waals surface area contributed by atoms with E-state index < -0.39 is 23.4 Å². The molecule has 1 atom stereocenters. The van der Waals surface area contributed by atoms with Crippen LogP contribution < -0.4 is 5.32 Å². The van der Waals surface area contributed by atoms with Crippen molar-refractivity contribution in [1.29, 1.82) is 10.5 Å². The number of nitrogens with zero attached hydrogens (tertiary/aromatic N) is 4. The van der Waals surface area contributed by atoms with Crippen LogP contribution in [0.4, 0.5) is 0 Å². The van der Waals surface area contributed by atoms with Crippen molar-refractivity contribution in [2.45, 2.75) is 13.8 Å². The lowest BCUT2D eigenvalue weighted by Crippen LogP contribution is -2.39. The summed E-state index contributed by atoms with van der Waals surface area (Å²) < 4.78 is 14.4. The van der Waals surface area contributed by atoms with E-state index in [1.165, 1.54) is 7.11 Å². The summed E-state index contributed by atoms with van der Waals surface area (Å²) in [5, 5.41) is 20.9. The minimum atomic E-state index is -1.40. The summed E-state index contributed by atoms with van der Waals surface area (Å²) in [5.41, 5.74) is -0.445. The standard InChI is InChI=1S/C14H15N5O5/c1-4-23-12(20)8(6-15)10-17-11(19-14(18-10)22-3)9(7-16)13(21)24-5-2/h8H,4-5H2,1-3H3,(H,17,18,19)/b11-9+. The molecule has 24 heavy (non-hydrogen) atoms. The van der Waals surface area contributed by atoms with Crippen molar-refractivity contribution in [3.8, 4) is 12.1 Å². The van der Waals surface area contributed by atoms with Gasteiger partial charge in [0.25, 0.3) is 0 Å². The molecule has 0 saturated carbocycles. The minimum absolute atomic E-state index is 0.0583. The number of methoxy groups -OCH3 is 1. The van der Waals surface area contributed by atoms with Crippen LogP contribution in [0.2, 0.25) is 0 Å². The van der Waals surface area contributed by atoms with Crippen LogP contribution >= 0.6 is 0 Å². The molecule has 126 valence electrons. The molecule has 1 heterocycles. The molecule has 1 aliphatic rings. The molecule has 0 spiro atoms. The van der Waals surface area contributed by atoms with E-state index in [1.807, 2.05) is 0 Å². The van der Waals surface area contributed by atoms with Gasteiger partial charge in [0, 0.05) is 0 Å². The third-order valence-corrected chi connectivity index (χ3v) is 2.61. The Morgan fingerprint density at radius 1 is 1.21 bits per heavy atom. The monoisotopic (exact) mass is 333 g/mol. The molecule has 0 fully saturated rings. The second-order valence-corrected chi connectivity index (χ2v) is 4.09. The lowest BCUT2D eigenvalue weighted by Gasteiger charge is -2.18. The summed E-state index contributed by atoms with van der Waals surface area (Å²) in [7, 11) is 1.26. The number of carbonyl (C=O) groups excluding carboxylic acids is 2. The van der Waals surface area contributed by atoms with Gasteiger partial charge in [-0.3, -0.25) is 4.79 Å². The maximum Gasteiger partial charge on any atom is 0.352 e. The van der Waals surface area contributed by atoms with Gasteiger partial charge in [0.2, 0.25) is 5.92 Å². The fourth-order valence-corrected chi connectivity index (χ4v) is 1.60. The molecule has 10 heteroatoms. The van der Waals surface area contributed by atoms with Crippen LogP contribution in [-0.2, 0) is 23.8 Å². The minimum Gasteiger partial charge on any atom is -0.467 e. The SMILES string of the molecule is CCOC(=O)/C(C#N)=C1/N=C(OC)N=C(C(C#N)C(=O)OCC)N1. The molecule has 1 N–H and O–H groups in total. The van der Waals surface area contributed by atoms with E-state index in [-0.39, 0.29) is 30.9 Å². The van der Waals surface area contributed by atoms with Gasteiger partial charge in [-0.2, -0.15) is 20.5 Å². The van der Waals surface area contributed by atoms with Gasteiger partial charge >= 0.3 is 18.0 Å². The highest BCUT2D eigenvalue weighted by Crippen LogP contribution is 2.14. The van der Waals surface area contributed by atoms with Gasteiger partial charge in [0.15, 0.2) is 11.4 Å². The normalized spacial score (nSPS) is 16.2. The smallest absolute Gasteiger partial charge is 0.352 e. The topological polar surface area (TPSA) is 146 Å². The van der Waals surface area contributed by atoms with E-state index in [0.717, 1.165) is 0 Å². The fourth-order valence-electron chi connectivity index (χ4n) is 1.60. The van der Waals surface area contributed by atoms with Gasteiger partial charge in [-0.05, 0) is 13.8 Å². The van der Waals surface area contributed by atoms with Crippen LogP contribution in [0, 0.1) is 28.6 Å². The van der Waals surface area contributed by atoms with Gasteiger partial charge < -0.3 is 19.5 Å². The molecule has 0 amide bonds. The number of nitriles is 2. The van der Waals surface area contributed by atoms with E-state index in [4.69, 9.17) is 19.5 Å². The van der Waals surface area contributed by atoms with Crippen molar-refractivity contribution >= 4 is 23.8 Å². The van der Waals surface area contributed by atoms with Gasteiger partial charge in [-0.25, -0.2) is 4.79 Å². The molecule has 1 aliphatic heterocycles. The molecule has 0 bridgehead atoms. The third-order valence-electron chi connectivity index (χ3n) is 2.61. The number of hydrogen-bond acceptors (Lipinski definition) is 10. The second-order valence-electron chi connectivity index (χ2n) is 4.09. The van der Waals surface area contributed by atoms with Gasteiger partial charge in [-0.15, -0.1) is 0 Å². The fraction of sp³-hybridized carbons (Fsp3) is 0.429. The van der Waals surface area contributed by atoms with Gasteiger partial charge in [0.1, 0.15) is 11.9 Å². The number of carbonyl (C=O) groups is 2. The van der Waals surface area contributed by atoms with Crippen LogP contribution in [0.3, 0.4) is 0 Å². The van der Waals surface area contributed by atoms with E-state index in [9.17, 15) is 14.9 Å². The summed E-state index contributed by atoms with van der Waals surface area (Å²) >= 11 is 0. The maximum absolute atomic E-state index is 11.8. The zero-order valence-corrected chi connectivity index (χ0v) is 13.3. The van der Waals surface area contributed by atoms with Crippen LogP contribution in [0.5, 0.6) is 0 Å². The predicted molar refractivity (Wildman–Crippen MR) is 80.0 cm³/mol. The Hall–Kier alpha value is -3.40. The highest BCUT2D eigenvalue weighted by atomic mass is 16.5. The number of amidine groups is 2. The van der Waals surface area contributed by atoms with Crippen molar-refractivity contribution in [3.05, 3.63) is 11.4 Å². The molecular formula is C14H15N5O5. The molecule has 1 unspecified atom stereocenters. The summed E-state index contributed by atoms with van der Waals surface area (Å²) in [6.07, 6.45) is 0. The van der Waals surface area contributed by atoms with Crippen LogP contribution in [0.15, 0.2) is 21.4 Å². The number of esters is 2. The molecule has 0 saturated heterocycles. The van der Waals surface area contributed by atoms with E-state index in [0.29, 0.717) is 0 Å². The number of aliphatic imine (C=N–C) groups is 2. The first-order valence-electron chi connectivity index (χ1n) is 6.88. The number of ether oxygens (including phenoxy) is 3. The highest BCUT2D eigenvalue weighted by Gasteiger charge is 2.31. The van der Waals surface area contributed by atoms with E-state index in [1.54, 1.807) is 26.0 Å². The molecule has 0 aliphatic carbocycles. The van der Waals surface area contributed by atoms with E-state index in [2.05, 4.69) is 15.3 Å². The lowest BCUT2D eigenvalue weighted by atomic mass is 10.1. The molecular weight excluding hydrogens is 318 g/mol. The van der Waals surface area contributed by atoms with Crippen LogP contribution in [-0.4, -0.2) is 44.1 Å². The van der Waals surface area contributed by atoms with Crippen LogP contribution in [0.1, 0.15) is 13.8 Å². The van der Waals surface area contributed by atoms with Crippen molar-refractivity contribution in [2.24, 2.45) is 15.9 Å². The first kappa shape index (κ1) is 18.6. The summed E-state index contributed by atoms with van der Waals surface area (Å²) in [6.45, 7) is 3.30. The first-order chi connectivity index (χ1) is 11.5. The summed E-state index contributed by atoms with van der Waals surface area (Å²) in [4.78, 5) is 31.3. The first-order valence-corrected chi connectivity index (χ1v) is 6.88. The Kier molecular flexibility index (Phi) is 6.92. The Bertz CT molecular complexity index is 695. The van der Waals surface area contributed by atoms with Crippen LogP contribution in [0.25, 0.3) is 0 Å². The van der Waals surface area contributed by atoms with Crippen molar-refractivity contribution in [2.75, 3.05) is 20.3 Å². The average molecular weight is 333 g/mol. The van der Waals surface area contributed by atoms with Crippen molar-refractivity contribution < 1.29 is 23.8 Å². The molecule has 1 rings (SSSR count). The van der Waals surface area contributed by atoms with Gasteiger partial charge in [0.05, 0.1) is 26.4 Å². The largest absolute Gasteiger partial charge is 0.467 e. The maximum atomic E-state index is 11.8. The molecule has 0 radical (unpaired) electrons. The number of rotatable bonds is 5. The zero-order valence-electron chi connectivity index (χ0n) is 13.3. The number of hydrogen-bond donors (Lipinski definition) is 1. The lowest BCUT2D eigenvalue weighted by molar-refractivity contribution is -0.144. The third kappa shape index (κ3) is 4.30. The summed E-state index contributed by atoms with van der Waals surface area (Å²) in [5.74, 6) is -3.55. The predicted octanol–water partition coefficient (Wildman–Crippen LogP) is -0.00834. The highest BCUT2D eigenvalue weighted by molar-refractivity contribution is 6.10. The summed E-state index contributed by atoms with van der Waals surface area (Å²) in [6, 6.07) is 3.16. The van der Waals surface area contributed by atoms with Crippen molar-refractivity contribution in [1.82, 2.24) is 5.32 Å². The Balaban J connectivity index is 3.29. The molecule has 0 aromatic rings. The molecule has 0 aromatic carbocycles. The average Bonchev–Trinajstić information content (AvgIpc) is 2.56. The quantitative estimate of drug-likeness (QED) is 0.420. The van der Waals surface area contributed by atoms with E-state index >= 15 is 0 Å². The Morgan fingerprint density at radius 3 is 2.38 bits per heavy atom.